The van der Waals surface area contributed by atoms with Crippen LogP contribution in [-0.4, -0.2) is 29.2 Å². The summed E-state index contributed by atoms with van der Waals surface area (Å²) in [5.74, 6) is -0.0252. The molecule has 0 spiro atoms. The molecule has 0 aliphatic carbocycles. The van der Waals surface area contributed by atoms with Crippen LogP contribution in [0.2, 0.25) is 0 Å². The molecule has 0 saturated carbocycles. The van der Waals surface area contributed by atoms with Crippen LogP contribution in [0.1, 0.15) is 13.3 Å². The van der Waals surface area contributed by atoms with Gasteiger partial charge in [0.25, 0.3) is 0 Å². The fourth-order valence-corrected chi connectivity index (χ4v) is 1.73. The van der Waals surface area contributed by atoms with Crippen LogP contribution < -0.4 is 10.6 Å². The molecular formula is C14H18N4O. The average Bonchev–Trinajstić information content (AvgIpc) is 2.94. The van der Waals surface area contributed by atoms with Crippen molar-refractivity contribution in [3.05, 3.63) is 36.5 Å². The number of hydrogen-bond acceptors (Lipinski definition) is 3. The highest BCUT2D eigenvalue weighted by Gasteiger charge is 2.02. The van der Waals surface area contributed by atoms with Crippen LogP contribution in [0.5, 0.6) is 0 Å². The Bertz CT molecular complexity index is 505. The number of anilines is 1. The Balaban J connectivity index is 1.90. The van der Waals surface area contributed by atoms with Crippen molar-refractivity contribution in [1.82, 2.24) is 15.5 Å². The van der Waals surface area contributed by atoms with Gasteiger partial charge in [0.1, 0.15) is 0 Å². The van der Waals surface area contributed by atoms with E-state index < -0.39 is 0 Å². The molecule has 0 saturated heterocycles. The molecule has 0 aliphatic rings. The Morgan fingerprint density at radius 1 is 1.26 bits per heavy atom. The van der Waals surface area contributed by atoms with Crippen molar-refractivity contribution in [2.24, 2.45) is 0 Å². The number of nitrogens with zero attached hydrogens (tertiary/aromatic N) is 1. The molecule has 5 nitrogen and oxygen atoms in total. The van der Waals surface area contributed by atoms with Gasteiger partial charge in [0.05, 0.1) is 12.2 Å². The van der Waals surface area contributed by atoms with Crippen LogP contribution >= 0.6 is 0 Å². The van der Waals surface area contributed by atoms with Gasteiger partial charge in [-0.05, 0) is 36.7 Å². The third-order valence-electron chi connectivity index (χ3n) is 2.69. The van der Waals surface area contributed by atoms with Gasteiger partial charge >= 0.3 is 0 Å². The highest BCUT2D eigenvalue weighted by atomic mass is 16.1. The number of aromatic nitrogens is 2. The highest BCUT2D eigenvalue weighted by Crippen LogP contribution is 2.18. The third kappa shape index (κ3) is 3.93. The van der Waals surface area contributed by atoms with Crippen molar-refractivity contribution < 1.29 is 4.79 Å². The smallest absolute Gasteiger partial charge is 0.238 e. The number of rotatable bonds is 6. The van der Waals surface area contributed by atoms with E-state index in [4.69, 9.17) is 0 Å². The monoisotopic (exact) mass is 258 g/mol. The Hall–Kier alpha value is -2.14. The van der Waals surface area contributed by atoms with Crippen LogP contribution in [0.4, 0.5) is 5.69 Å². The first-order valence-corrected chi connectivity index (χ1v) is 6.40. The first kappa shape index (κ1) is 13.3. The van der Waals surface area contributed by atoms with Gasteiger partial charge in [-0.15, -0.1) is 0 Å². The molecule has 19 heavy (non-hydrogen) atoms. The van der Waals surface area contributed by atoms with E-state index in [9.17, 15) is 4.79 Å². The Morgan fingerprint density at radius 2 is 2.05 bits per heavy atom. The van der Waals surface area contributed by atoms with Gasteiger partial charge in [-0.3, -0.25) is 9.89 Å². The lowest BCUT2D eigenvalue weighted by molar-refractivity contribution is -0.115. The standard InChI is InChI=1S/C14H18N4O/c1-2-8-15-10-14(19)17-12-5-3-11(4-6-12)13-7-9-16-18-13/h3-7,9,15H,2,8,10H2,1H3,(H,16,18)(H,17,19). The zero-order valence-electron chi connectivity index (χ0n) is 10.9. The van der Waals surface area contributed by atoms with E-state index in [2.05, 4.69) is 27.8 Å². The Labute approximate surface area is 112 Å². The number of carbonyl (C=O) groups is 1. The van der Waals surface area contributed by atoms with E-state index in [1.165, 1.54) is 0 Å². The van der Waals surface area contributed by atoms with Crippen LogP contribution in [0.15, 0.2) is 36.5 Å². The number of benzene rings is 1. The molecule has 1 heterocycles. The van der Waals surface area contributed by atoms with Gasteiger partial charge < -0.3 is 10.6 Å². The van der Waals surface area contributed by atoms with Gasteiger partial charge in [-0.1, -0.05) is 19.1 Å². The lowest BCUT2D eigenvalue weighted by atomic mass is 10.1. The van der Waals surface area contributed by atoms with E-state index >= 15 is 0 Å². The van der Waals surface area contributed by atoms with Crippen LogP contribution in [0.3, 0.4) is 0 Å². The predicted octanol–water partition coefficient (Wildman–Crippen LogP) is 2.01. The molecule has 0 bridgehead atoms. The summed E-state index contributed by atoms with van der Waals surface area (Å²) in [5, 5.41) is 12.7. The number of H-pyrrole nitrogens is 1. The number of amides is 1. The maximum absolute atomic E-state index is 11.6. The zero-order chi connectivity index (χ0) is 13.5. The first-order chi connectivity index (χ1) is 9.29. The topological polar surface area (TPSA) is 69.8 Å². The van der Waals surface area contributed by atoms with E-state index in [0.717, 1.165) is 29.9 Å². The minimum atomic E-state index is -0.0252. The fraction of sp³-hybridized carbons (Fsp3) is 0.286. The first-order valence-electron chi connectivity index (χ1n) is 6.40. The minimum absolute atomic E-state index is 0.0252. The van der Waals surface area contributed by atoms with Crippen molar-refractivity contribution in [3.63, 3.8) is 0 Å². The SMILES string of the molecule is CCCNCC(=O)Nc1ccc(-c2ccn[nH]2)cc1. The second-order valence-electron chi connectivity index (χ2n) is 4.27. The van der Waals surface area contributed by atoms with Crippen LogP contribution in [0, 0.1) is 0 Å². The summed E-state index contributed by atoms with van der Waals surface area (Å²) >= 11 is 0. The van der Waals surface area contributed by atoms with Crippen molar-refractivity contribution >= 4 is 11.6 Å². The zero-order valence-corrected chi connectivity index (χ0v) is 10.9. The van der Waals surface area contributed by atoms with Gasteiger partial charge in [0.2, 0.25) is 5.91 Å². The summed E-state index contributed by atoms with van der Waals surface area (Å²) in [6.45, 7) is 3.27. The van der Waals surface area contributed by atoms with Gasteiger partial charge in [0.15, 0.2) is 0 Å². The molecule has 0 atom stereocenters. The molecule has 0 unspecified atom stereocenters. The van der Waals surface area contributed by atoms with Crippen LogP contribution in [0.25, 0.3) is 11.3 Å². The Morgan fingerprint density at radius 3 is 2.68 bits per heavy atom. The molecule has 1 amide bonds. The third-order valence-corrected chi connectivity index (χ3v) is 2.69. The molecule has 2 aromatic rings. The van der Waals surface area contributed by atoms with E-state index in [1.807, 2.05) is 30.3 Å². The van der Waals surface area contributed by atoms with Crippen molar-refractivity contribution in [2.75, 3.05) is 18.4 Å². The minimum Gasteiger partial charge on any atom is -0.325 e. The van der Waals surface area contributed by atoms with Crippen molar-refractivity contribution in [2.45, 2.75) is 13.3 Å². The average molecular weight is 258 g/mol. The number of carbonyl (C=O) groups excluding carboxylic acids is 1. The summed E-state index contributed by atoms with van der Waals surface area (Å²) in [4.78, 5) is 11.6. The fourth-order valence-electron chi connectivity index (χ4n) is 1.73. The molecule has 5 heteroatoms. The quantitative estimate of drug-likeness (QED) is 0.694. The summed E-state index contributed by atoms with van der Waals surface area (Å²) in [6, 6.07) is 9.56. The number of hydrogen-bond donors (Lipinski definition) is 3. The largest absolute Gasteiger partial charge is 0.325 e. The Kier molecular flexibility index (Phi) is 4.69. The number of nitrogens with one attached hydrogen (secondary N) is 3. The van der Waals surface area contributed by atoms with Gasteiger partial charge in [-0.25, -0.2) is 0 Å². The van der Waals surface area contributed by atoms with Crippen molar-refractivity contribution in [1.29, 1.82) is 0 Å². The summed E-state index contributed by atoms with van der Waals surface area (Å²) in [7, 11) is 0. The van der Waals surface area contributed by atoms with Gasteiger partial charge in [-0.2, -0.15) is 5.10 Å². The molecule has 3 N–H and O–H groups in total. The maximum atomic E-state index is 11.6. The molecule has 1 aromatic carbocycles. The molecule has 100 valence electrons. The predicted molar refractivity (Wildman–Crippen MR) is 75.8 cm³/mol. The van der Waals surface area contributed by atoms with E-state index in [1.54, 1.807) is 6.20 Å². The highest BCUT2D eigenvalue weighted by molar-refractivity contribution is 5.92. The van der Waals surface area contributed by atoms with Gasteiger partial charge in [0, 0.05) is 11.9 Å². The van der Waals surface area contributed by atoms with Crippen molar-refractivity contribution in [3.8, 4) is 11.3 Å². The normalized spacial score (nSPS) is 10.4. The molecular weight excluding hydrogens is 240 g/mol. The molecule has 0 aliphatic heterocycles. The maximum Gasteiger partial charge on any atom is 0.238 e. The lowest BCUT2D eigenvalue weighted by Gasteiger charge is -2.06. The molecule has 0 radical (unpaired) electrons. The molecule has 0 fully saturated rings. The summed E-state index contributed by atoms with van der Waals surface area (Å²) in [6.07, 6.45) is 2.73. The second kappa shape index (κ2) is 6.70. The van der Waals surface area contributed by atoms with Crippen LogP contribution in [-0.2, 0) is 4.79 Å². The lowest BCUT2D eigenvalue weighted by Crippen LogP contribution is -2.28. The second-order valence-corrected chi connectivity index (χ2v) is 4.27. The van der Waals surface area contributed by atoms with E-state index in [0.29, 0.717) is 6.54 Å². The summed E-state index contributed by atoms with van der Waals surface area (Å²) in [5.41, 5.74) is 2.80. The summed E-state index contributed by atoms with van der Waals surface area (Å²) < 4.78 is 0. The van der Waals surface area contributed by atoms with E-state index in [-0.39, 0.29) is 5.91 Å². The molecule has 1 aromatic heterocycles. The number of aromatic amines is 1. The molecule has 2 rings (SSSR count).